The number of anilines is 2. The maximum Gasteiger partial charge on any atom is 0.339 e. The van der Waals surface area contributed by atoms with Crippen LogP contribution in [-0.2, 0) is 24.3 Å². The fourth-order valence-electron chi connectivity index (χ4n) is 4.12. The highest BCUT2D eigenvalue weighted by atomic mass is 32.2. The van der Waals surface area contributed by atoms with Gasteiger partial charge in [0.25, 0.3) is 0 Å². The minimum Gasteiger partial charge on any atom is -0.465 e. The number of hydrogen-bond donors (Lipinski definition) is 1. The average molecular weight is 518 g/mol. The Morgan fingerprint density at radius 3 is 2.57 bits per heavy atom. The Balaban J connectivity index is 1.65. The van der Waals surface area contributed by atoms with Crippen LogP contribution in [0, 0.1) is 5.92 Å². The van der Waals surface area contributed by atoms with Gasteiger partial charge in [-0.1, -0.05) is 19.1 Å². The number of amides is 2. The van der Waals surface area contributed by atoms with Crippen molar-refractivity contribution < 1.29 is 27.5 Å². The van der Waals surface area contributed by atoms with Crippen molar-refractivity contribution in [2.75, 3.05) is 42.7 Å². The van der Waals surface area contributed by atoms with Gasteiger partial charge in [-0.2, -0.15) is 4.31 Å². The van der Waals surface area contributed by atoms with Crippen LogP contribution in [0.4, 0.5) is 11.4 Å². The molecule has 1 saturated heterocycles. The highest BCUT2D eigenvalue weighted by Crippen LogP contribution is 2.38. The van der Waals surface area contributed by atoms with Crippen LogP contribution in [0.3, 0.4) is 0 Å². The summed E-state index contributed by atoms with van der Waals surface area (Å²) in [4.78, 5) is 40.5. The summed E-state index contributed by atoms with van der Waals surface area (Å²) in [5, 5.41) is 2.68. The van der Waals surface area contributed by atoms with Crippen molar-refractivity contribution in [3.8, 4) is 0 Å². The summed E-state index contributed by atoms with van der Waals surface area (Å²) >= 11 is 1.45. The van der Waals surface area contributed by atoms with Crippen molar-refractivity contribution in [1.82, 2.24) is 4.31 Å². The Labute approximate surface area is 208 Å². The quantitative estimate of drug-likeness (QED) is 0.586. The zero-order valence-electron chi connectivity index (χ0n) is 19.5. The molecule has 11 heteroatoms. The third kappa shape index (κ3) is 5.21. The van der Waals surface area contributed by atoms with Crippen LogP contribution in [0.25, 0.3) is 0 Å². The van der Waals surface area contributed by atoms with Gasteiger partial charge in [0.2, 0.25) is 21.8 Å². The minimum atomic E-state index is -3.70. The standard InChI is InChI=1S/C24H27N3O6S2/c1-16-15-34-21-10-9-17(35(31,32)26-11-5-6-12-26)13-20(21)27(23(16)29)14-22(28)25-19-8-4-3-7-18(19)24(30)33-2/h3-4,7-10,13,16H,5-6,11-12,14-15H2,1-2H3,(H,25,28)/t16-/m0/s1. The molecule has 2 aromatic carbocycles. The van der Waals surface area contributed by atoms with Gasteiger partial charge in [-0.3, -0.25) is 9.59 Å². The monoisotopic (exact) mass is 517 g/mol. The molecule has 0 spiro atoms. The van der Waals surface area contributed by atoms with Crippen molar-refractivity contribution in [1.29, 1.82) is 0 Å². The van der Waals surface area contributed by atoms with E-state index in [2.05, 4.69) is 5.32 Å². The molecule has 2 aliphatic heterocycles. The number of hydrogen-bond acceptors (Lipinski definition) is 7. The molecule has 0 aromatic heterocycles. The van der Waals surface area contributed by atoms with Crippen molar-refractivity contribution in [3.05, 3.63) is 48.0 Å². The van der Waals surface area contributed by atoms with Gasteiger partial charge < -0.3 is 15.0 Å². The van der Waals surface area contributed by atoms with Crippen molar-refractivity contribution in [2.24, 2.45) is 5.92 Å². The second-order valence-electron chi connectivity index (χ2n) is 8.46. The normalized spacial score (nSPS) is 18.6. The molecular formula is C24H27N3O6S2. The number of thioether (sulfide) groups is 1. The highest BCUT2D eigenvalue weighted by Gasteiger charge is 2.33. The third-order valence-electron chi connectivity index (χ3n) is 6.01. The molecule has 2 heterocycles. The summed E-state index contributed by atoms with van der Waals surface area (Å²) in [6.45, 7) is 2.38. The Kier molecular flexibility index (Phi) is 7.48. The second-order valence-corrected chi connectivity index (χ2v) is 11.5. The molecule has 35 heavy (non-hydrogen) atoms. The van der Waals surface area contributed by atoms with E-state index in [0.717, 1.165) is 17.7 Å². The van der Waals surface area contributed by atoms with Crippen LogP contribution >= 0.6 is 11.8 Å². The van der Waals surface area contributed by atoms with Gasteiger partial charge in [0, 0.05) is 29.7 Å². The molecule has 1 N–H and O–H groups in total. The number of sulfonamides is 1. The number of carbonyl (C=O) groups is 3. The molecule has 2 amide bonds. The van der Waals surface area contributed by atoms with Crippen LogP contribution in [0.5, 0.6) is 0 Å². The summed E-state index contributed by atoms with van der Waals surface area (Å²) in [5.41, 5.74) is 0.842. The number of ether oxygens (including phenoxy) is 1. The lowest BCUT2D eigenvalue weighted by atomic mass is 10.1. The molecule has 0 unspecified atom stereocenters. The first kappa shape index (κ1) is 25.2. The second kappa shape index (κ2) is 10.4. The van der Waals surface area contributed by atoms with Gasteiger partial charge >= 0.3 is 5.97 Å². The number of nitrogens with one attached hydrogen (secondary N) is 1. The molecule has 0 bridgehead atoms. The van der Waals surface area contributed by atoms with E-state index in [1.165, 1.54) is 40.2 Å². The summed E-state index contributed by atoms with van der Waals surface area (Å²) < 4.78 is 32.5. The first-order chi connectivity index (χ1) is 16.7. The van der Waals surface area contributed by atoms with Gasteiger partial charge in [-0.05, 0) is 43.2 Å². The summed E-state index contributed by atoms with van der Waals surface area (Å²) in [7, 11) is -2.45. The summed E-state index contributed by atoms with van der Waals surface area (Å²) in [6, 6.07) is 11.2. The summed E-state index contributed by atoms with van der Waals surface area (Å²) in [5.74, 6) is -1.26. The van der Waals surface area contributed by atoms with E-state index in [1.54, 1.807) is 37.3 Å². The first-order valence-corrected chi connectivity index (χ1v) is 13.7. The molecule has 0 aliphatic carbocycles. The molecule has 2 aromatic rings. The molecule has 1 fully saturated rings. The Morgan fingerprint density at radius 2 is 1.86 bits per heavy atom. The van der Waals surface area contributed by atoms with Gasteiger partial charge in [-0.25, -0.2) is 13.2 Å². The lowest BCUT2D eigenvalue weighted by molar-refractivity contribution is -0.123. The van der Waals surface area contributed by atoms with Crippen LogP contribution in [0.2, 0.25) is 0 Å². The fourth-order valence-corrected chi connectivity index (χ4v) is 6.71. The molecule has 0 saturated carbocycles. The number of benzene rings is 2. The number of rotatable bonds is 6. The molecule has 2 aliphatic rings. The van der Waals surface area contributed by atoms with E-state index in [-0.39, 0.29) is 34.5 Å². The zero-order valence-corrected chi connectivity index (χ0v) is 21.2. The van der Waals surface area contributed by atoms with E-state index in [1.807, 2.05) is 0 Å². The SMILES string of the molecule is COC(=O)c1ccccc1NC(=O)CN1C(=O)[C@@H](C)CSc2ccc(S(=O)(=O)N3CCCC3)cc21. The van der Waals surface area contributed by atoms with E-state index in [9.17, 15) is 22.8 Å². The molecule has 9 nitrogen and oxygen atoms in total. The first-order valence-electron chi connectivity index (χ1n) is 11.3. The molecule has 4 rings (SSSR count). The van der Waals surface area contributed by atoms with Gasteiger partial charge in [0.15, 0.2) is 0 Å². The number of fused-ring (bicyclic) bond motifs is 1. The Hall–Kier alpha value is -2.89. The Bertz CT molecular complexity index is 1260. The number of methoxy groups -OCH3 is 1. The molecule has 186 valence electrons. The van der Waals surface area contributed by atoms with Crippen LogP contribution in [0.1, 0.15) is 30.1 Å². The van der Waals surface area contributed by atoms with E-state index >= 15 is 0 Å². The predicted molar refractivity (Wildman–Crippen MR) is 133 cm³/mol. The third-order valence-corrected chi connectivity index (χ3v) is 9.23. The largest absolute Gasteiger partial charge is 0.465 e. The lowest BCUT2D eigenvalue weighted by Crippen LogP contribution is -2.41. The van der Waals surface area contributed by atoms with Gasteiger partial charge in [0.05, 0.1) is 28.9 Å². The molecule has 0 radical (unpaired) electrons. The minimum absolute atomic E-state index is 0.0996. The predicted octanol–water partition coefficient (Wildman–Crippen LogP) is 2.97. The maximum absolute atomic E-state index is 13.2. The number of para-hydroxylation sites is 1. The van der Waals surface area contributed by atoms with Crippen molar-refractivity contribution >= 4 is 50.9 Å². The Morgan fingerprint density at radius 1 is 1.14 bits per heavy atom. The molecule has 1 atom stereocenters. The van der Waals surface area contributed by atoms with Crippen molar-refractivity contribution in [3.63, 3.8) is 0 Å². The number of nitrogens with zero attached hydrogens (tertiary/aromatic N) is 2. The van der Waals surface area contributed by atoms with Crippen LogP contribution < -0.4 is 10.2 Å². The van der Waals surface area contributed by atoms with E-state index < -0.39 is 21.9 Å². The lowest BCUT2D eigenvalue weighted by Gasteiger charge is -2.25. The topological polar surface area (TPSA) is 113 Å². The summed E-state index contributed by atoms with van der Waals surface area (Å²) in [6.07, 6.45) is 1.63. The van der Waals surface area contributed by atoms with Gasteiger partial charge in [0.1, 0.15) is 6.54 Å². The van der Waals surface area contributed by atoms with Crippen LogP contribution in [0.15, 0.2) is 52.3 Å². The highest BCUT2D eigenvalue weighted by molar-refractivity contribution is 7.99. The molecular weight excluding hydrogens is 490 g/mol. The van der Waals surface area contributed by atoms with Crippen LogP contribution in [-0.4, -0.2) is 63.0 Å². The van der Waals surface area contributed by atoms with E-state index in [4.69, 9.17) is 4.74 Å². The maximum atomic E-state index is 13.2. The average Bonchev–Trinajstić information content (AvgIpc) is 3.38. The fraction of sp³-hybridized carbons (Fsp3) is 0.375. The van der Waals surface area contributed by atoms with E-state index in [0.29, 0.717) is 24.5 Å². The van der Waals surface area contributed by atoms with Gasteiger partial charge in [-0.15, -0.1) is 11.8 Å². The number of esters is 1. The zero-order chi connectivity index (χ0) is 25.2. The van der Waals surface area contributed by atoms with Crippen molar-refractivity contribution in [2.45, 2.75) is 29.6 Å². The number of carbonyl (C=O) groups excluding carboxylic acids is 3. The smallest absolute Gasteiger partial charge is 0.339 e.